The molecule has 12 heteroatoms. The number of rotatable bonds is 22. The monoisotopic (exact) mass is 1050 g/mol. The maximum atomic E-state index is 6.78. The molecule has 0 saturated carbocycles. The molecular formula is C64H77ClN10S. The van der Waals surface area contributed by atoms with Crippen molar-refractivity contribution in [2.24, 2.45) is 16.8 Å². The zero-order valence-corrected chi connectivity index (χ0v) is 47.0. The maximum Gasteiger partial charge on any atom is 0.204 e. The lowest BCUT2D eigenvalue weighted by atomic mass is 10.1. The summed E-state index contributed by atoms with van der Waals surface area (Å²) in [6.07, 6.45) is 4.57. The summed E-state index contributed by atoms with van der Waals surface area (Å²) in [5.41, 5.74) is 17.5. The highest BCUT2D eigenvalue weighted by atomic mass is 35.5. The van der Waals surface area contributed by atoms with E-state index in [9.17, 15) is 0 Å². The molecule has 0 amide bonds. The van der Waals surface area contributed by atoms with Gasteiger partial charge in [-0.25, -0.2) is 19.9 Å². The van der Waals surface area contributed by atoms with Crippen molar-refractivity contribution in [3.8, 4) is 0 Å². The second-order valence-electron chi connectivity index (χ2n) is 19.9. The number of nitrogens with one attached hydrogen (secondary N) is 2. The van der Waals surface area contributed by atoms with Crippen LogP contribution in [0.4, 0.5) is 29.0 Å². The zero-order valence-electron chi connectivity index (χ0n) is 45.3. The second-order valence-corrected chi connectivity index (χ2v) is 20.0. The summed E-state index contributed by atoms with van der Waals surface area (Å²) in [6.45, 7) is 19.8. The smallest absolute Gasteiger partial charge is 0.204 e. The number of aromatic nitrogens is 4. The van der Waals surface area contributed by atoms with E-state index in [1.807, 2.05) is 24.3 Å². The fraction of sp³-hybridized carbons (Fsp3) is 0.312. The highest BCUT2D eigenvalue weighted by Crippen LogP contribution is 2.38. The van der Waals surface area contributed by atoms with E-state index in [0.717, 1.165) is 122 Å². The number of nitrogens with zero attached hydrogens (tertiary/aromatic N) is 7. The van der Waals surface area contributed by atoms with Crippen LogP contribution in [0.3, 0.4) is 0 Å². The van der Waals surface area contributed by atoms with Crippen molar-refractivity contribution in [1.29, 1.82) is 0 Å². The number of isothiocyanates is 1. The van der Waals surface area contributed by atoms with Crippen LogP contribution in [0, 0.1) is 11.8 Å². The number of hydrogen-bond donors (Lipinski definition) is 3. The van der Waals surface area contributed by atoms with Crippen LogP contribution in [0.1, 0.15) is 89.5 Å². The number of hydrogen-bond acceptors (Lipinski definition) is 10. The molecule has 6 aromatic carbocycles. The minimum absolute atomic E-state index is 0. The Morgan fingerprint density at radius 3 is 1.49 bits per heavy atom. The van der Waals surface area contributed by atoms with Crippen molar-refractivity contribution in [2.75, 3.05) is 45.8 Å². The summed E-state index contributed by atoms with van der Waals surface area (Å²) < 4.78 is 2.38. The van der Waals surface area contributed by atoms with Gasteiger partial charge in [0.05, 0.1) is 33.1 Å². The molecule has 0 aliphatic rings. The highest BCUT2D eigenvalue weighted by molar-refractivity contribution is 7.78. The Balaban J connectivity index is 0.000000219. The summed E-state index contributed by atoms with van der Waals surface area (Å²) in [4.78, 5) is 23.9. The van der Waals surface area contributed by atoms with E-state index in [1.54, 1.807) is 0 Å². The van der Waals surface area contributed by atoms with Crippen molar-refractivity contribution < 1.29 is 0 Å². The molecule has 3 heterocycles. The summed E-state index contributed by atoms with van der Waals surface area (Å²) >= 11 is 4.35. The van der Waals surface area contributed by atoms with Gasteiger partial charge in [0.2, 0.25) is 5.95 Å². The maximum absolute atomic E-state index is 6.78. The normalized spacial score (nSPS) is 10.8. The van der Waals surface area contributed by atoms with Gasteiger partial charge in [-0.2, -0.15) is 0 Å². The molecule has 0 unspecified atom stereocenters. The molecule has 3 aromatic heterocycles. The Morgan fingerprint density at radius 2 is 1.01 bits per heavy atom. The lowest BCUT2D eigenvalue weighted by Gasteiger charge is -2.27. The van der Waals surface area contributed by atoms with Crippen LogP contribution in [-0.2, 0) is 32.7 Å². The molecule has 4 N–H and O–H groups in total. The number of benzene rings is 6. The predicted molar refractivity (Wildman–Crippen MR) is 330 cm³/mol. The zero-order chi connectivity index (χ0) is 52.8. The number of pyridine rings is 2. The SMILES string of the molecule is CC(C)CNc1c(N)c(N(Cc2ccccc2)Cc2ccccc2)nc2ccccc12.CCCCN=C=S.CCCCNc1nc2c(N(Cc3ccccc3)Cc3ccccc3)nc3ccccc3c2n1CC(C)C.Cl. The van der Waals surface area contributed by atoms with Gasteiger partial charge in [-0.05, 0) is 71.3 Å². The topological polar surface area (TPSA) is 113 Å². The first-order chi connectivity index (χ1) is 36.7. The van der Waals surface area contributed by atoms with Crippen molar-refractivity contribution >= 4 is 91.6 Å². The van der Waals surface area contributed by atoms with Gasteiger partial charge >= 0.3 is 0 Å². The van der Waals surface area contributed by atoms with Crippen molar-refractivity contribution in [3.63, 3.8) is 0 Å². The third kappa shape index (κ3) is 16.3. The van der Waals surface area contributed by atoms with E-state index in [1.165, 1.54) is 34.2 Å². The molecule has 0 bridgehead atoms. The van der Waals surface area contributed by atoms with E-state index < -0.39 is 0 Å². The number of fused-ring (bicyclic) bond motifs is 4. The van der Waals surface area contributed by atoms with Crippen molar-refractivity contribution in [2.45, 2.75) is 99.9 Å². The highest BCUT2D eigenvalue weighted by Gasteiger charge is 2.24. The molecule has 10 nitrogen and oxygen atoms in total. The van der Waals surface area contributed by atoms with E-state index in [4.69, 9.17) is 20.7 Å². The van der Waals surface area contributed by atoms with Gasteiger partial charge < -0.3 is 30.7 Å². The number of anilines is 5. The van der Waals surface area contributed by atoms with Gasteiger partial charge in [0.25, 0.3) is 0 Å². The predicted octanol–water partition coefficient (Wildman–Crippen LogP) is 16.1. The minimum Gasteiger partial charge on any atom is -0.394 e. The van der Waals surface area contributed by atoms with Gasteiger partial charge in [-0.1, -0.05) is 212 Å². The van der Waals surface area contributed by atoms with Crippen molar-refractivity contribution in [3.05, 3.63) is 192 Å². The van der Waals surface area contributed by atoms with Gasteiger partial charge in [0.1, 0.15) is 5.52 Å². The fourth-order valence-electron chi connectivity index (χ4n) is 8.96. The lowest BCUT2D eigenvalue weighted by Crippen LogP contribution is -2.25. The molecule has 9 aromatic rings. The average molecular weight is 1050 g/mol. The third-order valence-electron chi connectivity index (χ3n) is 12.7. The summed E-state index contributed by atoms with van der Waals surface area (Å²) in [6, 6.07) is 59.0. The molecule has 0 fully saturated rings. The molecule has 0 radical (unpaired) electrons. The number of thiocarbonyl (C=S) groups is 1. The Hall–Kier alpha value is -7.30. The standard InChI is InChI=1S/C32H37N5.C27H30N4.C5H9NS.ClH/c1-4-5-20-33-32-35-29-30(37(32)21-24(2)3)27-18-12-13-19-28(27)34-31(29)36(22-25-14-8-6-9-15-25)23-26-16-10-7-11-17-26;1-20(2)17-29-26-23-15-9-10-16-24(23)30-27(25(26)28)31(18-21-11-5-3-6-12-21)19-22-13-7-4-8-14-22;1-2-3-4-6-5-7;/h6-19,24H,4-5,20-23H2,1-3H3,(H,33,35);3-16,20H,17-19,28H2,1-2H3,(H,29,30);2-4H2,1H3;1H. The Morgan fingerprint density at radius 1 is 0.566 bits per heavy atom. The molecule has 396 valence electrons. The number of unbranched alkanes of at least 4 members (excludes halogenated alkanes) is 2. The van der Waals surface area contributed by atoms with Gasteiger partial charge in [0, 0.05) is 63.1 Å². The Kier molecular flexibility index (Phi) is 23.1. The van der Waals surface area contributed by atoms with E-state index in [-0.39, 0.29) is 12.4 Å². The quantitative estimate of drug-likeness (QED) is 0.0347. The van der Waals surface area contributed by atoms with E-state index in [0.29, 0.717) is 17.5 Å². The molecule has 0 spiro atoms. The first kappa shape index (κ1) is 58.0. The molecular weight excluding hydrogens is 976 g/mol. The number of nitrogen functional groups attached to an aromatic ring is 1. The largest absolute Gasteiger partial charge is 0.394 e. The number of aliphatic imine (C=N–C) groups is 1. The first-order valence-electron chi connectivity index (χ1n) is 26.8. The Labute approximate surface area is 463 Å². The summed E-state index contributed by atoms with van der Waals surface area (Å²) in [5.74, 6) is 3.69. The molecule has 76 heavy (non-hydrogen) atoms. The van der Waals surface area contributed by atoms with Crippen LogP contribution < -0.4 is 26.2 Å². The molecule has 0 aliphatic carbocycles. The number of imidazole rings is 1. The summed E-state index contributed by atoms with van der Waals surface area (Å²) in [7, 11) is 0. The van der Waals surface area contributed by atoms with Gasteiger partial charge in [0.15, 0.2) is 11.6 Å². The van der Waals surface area contributed by atoms with Gasteiger partial charge in [-0.3, -0.25) is 0 Å². The van der Waals surface area contributed by atoms with Gasteiger partial charge in [-0.15, -0.1) is 12.4 Å². The number of para-hydroxylation sites is 2. The third-order valence-corrected chi connectivity index (χ3v) is 12.8. The molecule has 0 atom stereocenters. The number of nitrogens with two attached hydrogens (primary N) is 1. The lowest BCUT2D eigenvalue weighted by molar-refractivity contribution is 0.536. The van der Waals surface area contributed by atoms with Crippen molar-refractivity contribution in [1.82, 2.24) is 19.5 Å². The van der Waals surface area contributed by atoms with Crippen LogP contribution in [-0.4, -0.2) is 44.3 Å². The molecule has 9 rings (SSSR count). The average Bonchev–Trinajstić information content (AvgIpc) is 3.81. The summed E-state index contributed by atoms with van der Waals surface area (Å²) in [5, 5.41) is 11.8. The second kappa shape index (κ2) is 30.3. The van der Waals surface area contributed by atoms with E-state index >= 15 is 0 Å². The van der Waals surface area contributed by atoms with Crippen LogP contribution in [0.5, 0.6) is 0 Å². The van der Waals surface area contributed by atoms with Crippen LogP contribution in [0.25, 0.3) is 32.8 Å². The van der Waals surface area contributed by atoms with E-state index in [2.05, 4.69) is 235 Å². The van der Waals surface area contributed by atoms with Crippen LogP contribution >= 0.6 is 24.6 Å². The Bertz CT molecular complexity index is 3100. The number of halogens is 1. The minimum atomic E-state index is 0. The van der Waals surface area contributed by atoms with Crippen LogP contribution in [0.15, 0.2) is 175 Å². The van der Waals surface area contributed by atoms with Crippen LogP contribution in [0.2, 0.25) is 0 Å². The molecule has 0 aliphatic heterocycles. The fourth-order valence-corrected chi connectivity index (χ4v) is 9.05. The molecule has 0 saturated heterocycles. The first-order valence-corrected chi connectivity index (χ1v) is 27.2.